The SMILES string of the molecule is Cc1ccc(-c2c([C@H](OC(C)(C)C)C(=O)O)c(C)c3c4c2cc(C)n4CCN3CCF)cc1. The summed E-state index contributed by atoms with van der Waals surface area (Å²) in [5.74, 6) is -1.03. The van der Waals surface area contributed by atoms with Crippen LogP contribution in [0.3, 0.4) is 0 Å². The molecule has 1 aromatic heterocycles. The number of aryl methyl sites for hydroxylation is 2. The van der Waals surface area contributed by atoms with Crippen molar-refractivity contribution in [2.24, 2.45) is 0 Å². The van der Waals surface area contributed by atoms with Crippen LogP contribution < -0.4 is 4.90 Å². The number of alkyl halides is 1. The third-order valence-corrected chi connectivity index (χ3v) is 6.39. The quantitative estimate of drug-likeness (QED) is 0.501. The molecule has 5 nitrogen and oxygen atoms in total. The van der Waals surface area contributed by atoms with Crippen LogP contribution in [0.1, 0.15) is 49.3 Å². The number of halogens is 1. The number of carbonyl (C=O) groups is 1. The number of ether oxygens (including phenoxy) is 1. The number of anilines is 1. The number of aliphatic carboxylic acids is 1. The van der Waals surface area contributed by atoms with Crippen molar-refractivity contribution in [3.63, 3.8) is 0 Å². The molecule has 1 N–H and O–H groups in total. The highest BCUT2D eigenvalue weighted by Crippen LogP contribution is 2.47. The highest BCUT2D eigenvalue weighted by Gasteiger charge is 2.35. The van der Waals surface area contributed by atoms with Crippen LogP contribution in [0.25, 0.3) is 22.0 Å². The zero-order valence-electron chi connectivity index (χ0n) is 20.3. The molecule has 0 unspecified atom stereocenters. The van der Waals surface area contributed by atoms with Crippen molar-refractivity contribution in [1.82, 2.24) is 4.57 Å². The fraction of sp³-hybridized carbons (Fsp3) is 0.444. The van der Waals surface area contributed by atoms with Gasteiger partial charge < -0.3 is 19.3 Å². The summed E-state index contributed by atoms with van der Waals surface area (Å²) < 4.78 is 21.9. The van der Waals surface area contributed by atoms with Gasteiger partial charge in [0, 0.05) is 36.3 Å². The largest absolute Gasteiger partial charge is 0.479 e. The molecule has 33 heavy (non-hydrogen) atoms. The van der Waals surface area contributed by atoms with Gasteiger partial charge in [-0.3, -0.25) is 0 Å². The molecule has 6 heteroatoms. The van der Waals surface area contributed by atoms with Crippen LogP contribution in [0.15, 0.2) is 30.3 Å². The molecule has 1 aliphatic heterocycles. The van der Waals surface area contributed by atoms with Crippen molar-refractivity contribution < 1.29 is 19.0 Å². The van der Waals surface area contributed by atoms with Gasteiger partial charge in [-0.1, -0.05) is 29.8 Å². The summed E-state index contributed by atoms with van der Waals surface area (Å²) in [6.45, 7) is 12.9. The number of carboxylic acid groups (broad SMARTS) is 1. The maximum atomic E-state index is 13.5. The second-order valence-electron chi connectivity index (χ2n) is 9.95. The molecule has 1 atom stereocenters. The monoisotopic (exact) mass is 452 g/mol. The second kappa shape index (κ2) is 8.49. The first-order valence-electron chi connectivity index (χ1n) is 11.5. The number of rotatable bonds is 6. The Labute approximate surface area is 194 Å². The number of hydrogen-bond acceptors (Lipinski definition) is 3. The highest BCUT2D eigenvalue weighted by molar-refractivity contribution is 6.07. The van der Waals surface area contributed by atoms with E-state index in [1.54, 1.807) is 0 Å². The maximum Gasteiger partial charge on any atom is 0.337 e. The lowest BCUT2D eigenvalue weighted by Crippen LogP contribution is -2.35. The first kappa shape index (κ1) is 23.3. The lowest BCUT2D eigenvalue weighted by molar-refractivity contribution is -0.160. The summed E-state index contributed by atoms with van der Waals surface area (Å²) >= 11 is 0. The zero-order chi connectivity index (χ0) is 24.1. The van der Waals surface area contributed by atoms with Gasteiger partial charge in [-0.2, -0.15) is 0 Å². The lowest BCUT2D eigenvalue weighted by atomic mass is 9.87. The number of carboxylic acids is 1. The zero-order valence-corrected chi connectivity index (χ0v) is 20.3. The van der Waals surface area contributed by atoms with Gasteiger partial charge in [-0.25, -0.2) is 9.18 Å². The highest BCUT2D eigenvalue weighted by atomic mass is 19.1. The molecule has 1 aliphatic rings. The molecular weight excluding hydrogens is 419 g/mol. The molecule has 0 saturated carbocycles. The van der Waals surface area contributed by atoms with Crippen molar-refractivity contribution in [3.8, 4) is 11.1 Å². The van der Waals surface area contributed by atoms with Gasteiger partial charge in [0.15, 0.2) is 6.10 Å². The van der Waals surface area contributed by atoms with Gasteiger partial charge in [0.2, 0.25) is 0 Å². The molecule has 3 aromatic rings. The minimum absolute atomic E-state index is 0.279. The van der Waals surface area contributed by atoms with E-state index in [4.69, 9.17) is 4.74 Å². The minimum Gasteiger partial charge on any atom is -0.479 e. The molecule has 0 bridgehead atoms. The summed E-state index contributed by atoms with van der Waals surface area (Å²) in [6.07, 6.45) is -1.15. The van der Waals surface area contributed by atoms with Crippen LogP contribution in [0, 0.1) is 20.8 Å². The van der Waals surface area contributed by atoms with Crippen LogP contribution in [0.4, 0.5) is 10.1 Å². The van der Waals surface area contributed by atoms with E-state index in [1.165, 1.54) is 0 Å². The van der Waals surface area contributed by atoms with Crippen molar-refractivity contribution in [1.29, 1.82) is 0 Å². The topological polar surface area (TPSA) is 54.7 Å². The van der Waals surface area contributed by atoms with Crippen molar-refractivity contribution in [2.75, 3.05) is 24.7 Å². The number of aromatic nitrogens is 1. The number of nitrogens with zero attached hydrogens (tertiary/aromatic N) is 2. The molecule has 2 aromatic carbocycles. The molecule has 0 aliphatic carbocycles. The van der Waals surface area contributed by atoms with E-state index in [-0.39, 0.29) is 6.54 Å². The average Bonchev–Trinajstić information content (AvgIpc) is 3.06. The van der Waals surface area contributed by atoms with Crippen LogP contribution >= 0.6 is 0 Å². The Bertz CT molecular complexity index is 1210. The predicted molar refractivity (Wildman–Crippen MR) is 131 cm³/mol. The summed E-state index contributed by atoms with van der Waals surface area (Å²) in [7, 11) is 0. The van der Waals surface area contributed by atoms with Crippen LogP contribution in [-0.4, -0.2) is 41.0 Å². The van der Waals surface area contributed by atoms with E-state index in [1.807, 2.05) is 58.9 Å². The third kappa shape index (κ3) is 4.12. The van der Waals surface area contributed by atoms with E-state index in [0.717, 1.165) is 51.1 Å². The number of benzene rings is 2. The Kier molecular flexibility index (Phi) is 5.99. The van der Waals surface area contributed by atoms with E-state index in [9.17, 15) is 14.3 Å². The van der Waals surface area contributed by atoms with Crippen LogP contribution in [0.5, 0.6) is 0 Å². The minimum atomic E-state index is -1.15. The fourth-order valence-electron chi connectivity index (χ4n) is 5.04. The molecule has 176 valence electrons. The molecule has 0 saturated heterocycles. The van der Waals surface area contributed by atoms with Gasteiger partial charge in [-0.15, -0.1) is 0 Å². The molecule has 0 spiro atoms. The molecule has 4 rings (SSSR count). The van der Waals surface area contributed by atoms with Crippen molar-refractivity contribution >= 4 is 22.6 Å². The Balaban J connectivity index is 2.15. The van der Waals surface area contributed by atoms with Gasteiger partial charge >= 0.3 is 5.97 Å². The van der Waals surface area contributed by atoms with Crippen molar-refractivity contribution in [2.45, 2.75) is 59.8 Å². The summed E-state index contributed by atoms with van der Waals surface area (Å²) in [4.78, 5) is 14.6. The predicted octanol–water partition coefficient (Wildman–Crippen LogP) is 5.96. The molecule has 2 heterocycles. The second-order valence-corrected chi connectivity index (χ2v) is 9.95. The average molecular weight is 453 g/mol. The standard InChI is InChI=1S/C27H33FN2O3/c1-16-7-9-19(10-8-16)22-20-15-17(2)30-14-13-29(12-11-28)23(24(20)30)18(3)21(22)25(26(31)32)33-27(4,5)6/h7-10,15,25H,11-14H2,1-6H3,(H,31,32)/t25-/m0/s1. The van der Waals surface area contributed by atoms with E-state index in [2.05, 4.69) is 22.5 Å². The van der Waals surface area contributed by atoms with Gasteiger partial charge in [0.1, 0.15) is 6.67 Å². The van der Waals surface area contributed by atoms with Crippen LogP contribution in [0.2, 0.25) is 0 Å². The Morgan fingerprint density at radius 2 is 1.82 bits per heavy atom. The first-order chi connectivity index (χ1) is 15.5. The lowest BCUT2D eigenvalue weighted by Gasteiger charge is -2.35. The molecular formula is C27H33FN2O3. The Morgan fingerprint density at radius 1 is 1.15 bits per heavy atom. The normalized spacial score (nSPS) is 14.7. The van der Waals surface area contributed by atoms with Crippen molar-refractivity contribution in [3.05, 3.63) is 52.7 Å². The van der Waals surface area contributed by atoms with E-state index < -0.39 is 24.3 Å². The molecule has 0 radical (unpaired) electrons. The molecule has 0 amide bonds. The van der Waals surface area contributed by atoms with Crippen LogP contribution in [-0.2, 0) is 16.1 Å². The summed E-state index contributed by atoms with van der Waals surface area (Å²) in [5, 5.41) is 11.3. The summed E-state index contributed by atoms with van der Waals surface area (Å²) in [6, 6.07) is 10.3. The first-order valence-corrected chi connectivity index (χ1v) is 11.5. The Morgan fingerprint density at radius 3 is 2.39 bits per heavy atom. The van der Waals surface area contributed by atoms with Gasteiger partial charge in [0.25, 0.3) is 0 Å². The summed E-state index contributed by atoms with van der Waals surface area (Å²) in [5.41, 5.74) is 6.86. The Hall–Kier alpha value is -2.86. The smallest absolute Gasteiger partial charge is 0.337 e. The van der Waals surface area contributed by atoms with Gasteiger partial charge in [-0.05, 0) is 64.3 Å². The fourth-order valence-corrected chi connectivity index (χ4v) is 5.04. The van der Waals surface area contributed by atoms with Gasteiger partial charge in [0.05, 0.1) is 16.8 Å². The molecule has 0 fully saturated rings. The maximum absolute atomic E-state index is 13.5. The van der Waals surface area contributed by atoms with E-state index in [0.29, 0.717) is 12.1 Å². The number of hydrogen-bond donors (Lipinski definition) is 1. The third-order valence-electron chi connectivity index (χ3n) is 6.39. The van der Waals surface area contributed by atoms with E-state index >= 15 is 0 Å².